The van der Waals surface area contributed by atoms with Gasteiger partial charge in [0.2, 0.25) is 0 Å². The van der Waals surface area contributed by atoms with Gasteiger partial charge in [-0.3, -0.25) is 0 Å². The average Bonchev–Trinajstić information content (AvgIpc) is 2.51. The third kappa shape index (κ3) is 2.74. The molecular formula is C10H7BrF4N2S. The molecule has 1 N–H and O–H groups in total. The molecule has 0 fully saturated rings. The summed E-state index contributed by atoms with van der Waals surface area (Å²) >= 11 is 7.92. The predicted molar refractivity (Wildman–Crippen MR) is 65.5 cm³/mol. The van der Waals surface area contributed by atoms with Crippen molar-refractivity contribution in [3.8, 4) is 0 Å². The molecule has 0 aliphatic rings. The Labute approximate surface area is 113 Å². The number of nitrogens with zero attached hydrogens (tertiary/aromatic N) is 1. The van der Waals surface area contributed by atoms with Crippen molar-refractivity contribution in [3.63, 3.8) is 0 Å². The van der Waals surface area contributed by atoms with Crippen LogP contribution in [0.3, 0.4) is 0 Å². The van der Waals surface area contributed by atoms with Gasteiger partial charge in [-0.2, -0.15) is 13.2 Å². The molecule has 98 valence electrons. The fourth-order valence-corrected chi connectivity index (χ4v) is 2.24. The molecular weight excluding hydrogens is 336 g/mol. The van der Waals surface area contributed by atoms with Crippen molar-refractivity contribution >= 4 is 39.2 Å². The van der Waals surface area contributed by atoms with Crippen molar-refractivity contribution in [1.29, 1.82) is 0 Å². The Kier molecular flexibility index (Phi) is 3.50. The Morgan fingerprint density at radius 3 is 2.61 bits per heavy atom. The van der Waals surface area contributed by atoms with E-state index in [2.05, 4.69) is 20.9 Å². The van der Waals surface area contributed by atoms with Crippen molar-refractivity contribution in [3.05, 3.63) is 27.2 Å². The molecule has 0 aliphatic carbocycles. The molecule has 0 unspecified atom stereocenters. The normalized spacial score (nSPS) is 12.3. The van der Waals surface area contributed by atoms with E-state index >= 15 is 0 Å². The Morgan fingerprint density at radius 1 is 1.33 bits per heavy atom. The monoisotopic (exact) mass is 342 g/mol. The number of nitrogens with one attached hydrogen (secondary N) is 1. The largest absolute Gasteiger partial charge is 0.390 e. The van der Waals surface area contributed by atoms with E-state index in [1.54, 1.807) is 0 Å². The Balaban J connectivity index is 2.47. The van der Waals surface area contributed by atoms with E-state index < -0.39 is 18.4 Å². The predicted octanol–water partition coefficient (Wildman–Crippen LogP) is 4.55. The lowest BCUT2D eigenvalue weighted by molar-refractivity contribution is -0.136. The number of aromatic nitrogens is 2. The first-order chi connectivity index (χ1) is 8.28. The zero-order valence-electron chi connectivity index (χ0n) is 8.81. The minimum Gasteiger partial charge on any atom is -0.330 e. The fraction of sp³-hybridized carbons (Fsp3) is 0.300. The van der Waals surface area contributed by atoms with Gasteiger partial charge in [0.25, 0.3) is 0 Å². The van der Waals surface area contributed by atoms with Gasteiger partial charge in [0.1, 0.15) is 5.82 Å². The number of hydrogen-bond acceptors (Lipinski definition) is 1. The van der Waals surface area contributed by atoms with E-state index in [4.69, 9.17) is 12.2 Å². The van der Waals surface area contributed by atoms with Crippen LogP contribution in [0.15, 0.2) is 16.6 Å². The first-order valence-corrected chi connectivity index (χ1v) is 6.12. The molecule has 1 aromatic heterocycles. The van der Waals surface area contributed by atoms with Crippen LogP contribution in [0.5, 0.6) is 0 Å². The molecule has 0 amide bonds. The minimum absolute atomic E-state index is 0.145. The van der Waals surface area contributed by atoms with Crippen LogP contribution in [0.4, 0.5) is 17.6 Å². The maximum Gasteiger partial charge on any atom is 0.390 e. The minimum atomic E-state index is -4.25. The highest BCUT2D eigenvalue weighted by atomic mass is 79.9. The molecule has 18 heavy (non-hydrogen) atoms. The average molecular weight is 343 g/mol. The summed E-state index contributed by atoms with van der Waals surface area (Å²) in [5, 5.41) is 0. The number of aryl methyl sites for hydroxylation is 1. The first-order valence-electron chi connectivity index (χ1n) is 4.92. The first kappa shape index (κ1) is 13.5. The Morgan fingerprint density at radius 2 is 2.00 bits per heavy atom. The molecule has 1 heterocycles. The van der Waals surface area contributed by atoms with Crippen LogP contribution < -0.4 is 0 Å². The van der Waals surface area contributed by atoms with Crippen LogP contribution in [0, 0.1) is 10.6 Å². The van der Waals surface area contributed by atoms with E-state index in [0.717, 1.165) is 0 Å². The topological polar surface area (TPSA) is 20.7 Å². The number of rotatable bonds is 2. The molecule has 2 aromatic rings. The van der Waals surface area contributed by atoms with Crippen molar-refractivity contribution in [2.24, 2.45) is 0 Å². The highest BCUT2D eigenvalue weighted by molar-refractivity contribution is 9.10. The molecule has 0 spiro atoms. The van der Waals surface area contributed by atoms with Crippen molar-refractivity contribution in [1.82, 2.24) is 9.55 Å². The number of alkyl halides is 3. The van der Waals surface area contributed by atoms with Gasteiger partial charge in [0.15, 0.2) is 4.77 Å². The number of benzene rings is 1. The molecule has 2 nitrogen and oxygen atoms in total. The van der Waals surface area contributed by atoms with Crippen LogP contribution >= 0.6 is 28.1 Å². The molecule has 0 aliphatic heterocycles. The highest BCUT2D eigenvalue weighted by Gasteiger charge is 2.27. The van der Waals surface area contributed by atoms with E-state index in [-0.39, 0.29) is 15.8 Å². The summed E-state index contributed by atoms with van der Waals surface area (Å²) in [5.74, 6) is -0.498. The fourth-order valence-electron chi connectivity index (χ4n) is 1.61. The number of aromatic amines is 1. The quantitative estimate of drug-likeness (QED) is 0.627. The maximum absolute atomic E-state index is 13.3. The van der Waals surface area contributed by atoms with E-state index in [9.17, 15) is 17.6 Å². The van der Waals surface area contributed by atoms with Crippen LogP contribution in [0.25, 0.3) is 11.0 Å². The summed E-state index contributed by atoms with van der Waals surface area (Å²) in [6, 6.07) is 2.60. The summed E-state index contributed by atoms with van der Waals surface area (Å²) in [6.07, 6.45) is -5.24. The van der Waals surface area contributed by atoms with Crippen LogP contribution in [0.2, 0.25) is 0 Å². The smallest absolute Gasteiger partial charge is 0.330 e. The van der Waals surface area contributed by atoms with Gasteiger partial charge in [-0.1, -0.05) is 0 Å². The van der Waals surface area contributed by atoms with Gasteiger partial charge in [-0.25, -0.2) is 4.39 Å². The van der Waals surface area contributed by atoms with Gasteiger partial charge in [-0.15, -0.1) is 0 Å². The highest BCUT2D eigenvalue weighted by Crippen LogP contribution is 2.25. The lowest BCUT2D eigenvalue weighted by atomic mass is 10.3. The van der Waals surface area contributed by atoms with Gasteiger partial charge in [0.05, 0.1) is 21.9 Å². The number of hydrogen-bond donors (Lipinski definition) is 1. The number of fused-ring (bicyclic) bond motifs is 1. The van der Waals surface area contributed by atoms with Crippen molar-refractivity contribution in [2.75, 3.05) is 0 Å². The third-order valence-corrected chi connectivity index (χ3v) is 3.37. The number of halogens is 5. The van der Waals surface area contributed by atoms with E-state index in [1.165, 1.54) is 16.7 Å². The second kappa shape index (κ2) is 4.65. The zero-order valence-corrected chi connectivity index (χ0v) is 11.2. The molecule has 2 rings (SSSR count). The van der Waals surface area contributed by atoms with Crippen LogP contribution in [0.1, 0.15) is 6.42 Å². The SMILES string of the molecule is Fc1cc2[nH]c(=S)n(CCC(F)(F)F)c2cc1Br. The molecule has 0 saturated heterocycles. The summed E-state index contributed by atoms with van der Waals surface area (Å²) < 4.78 is 51.5. The summed E-state index contributed by atoms with van der Waals surface area (Å²) in [4.78, 5) is 2.68. The molecule has 0 saturated carbocycles. The number of H-pyrrole nitrogens is 1. The second-order valence-electron chi connectivity index (χ2n) is 3.73. The Bertz CT molecular complexity index is 644. The van der Waals surface area contributed by atoms with E-state index in [0.29, 0.717) is 11.0 Å². The lowest BCUT2D eigenvalue weighted by Crippen LogP contribution is -2.12. The van der Waals surface area contributed by atoms with Crippen molar-refractivity contribution < 1.29 is 17.6 Å². The van der Waals surface area contributed by atoms with Gasteiger partial charge >= 0.3 is 6.18 Å². The number of imidazole rings is 1. The van der Waals surface area contributed by atoms with Crippen LogP contribution in [-0.4, -0.2) is 15.7 Å². The third-order valence-electron chi connectivity index (χ3n) is 2.44. The second-order valence-corrected chi connectivity index (χ2v) is 4.97. The molecule has 0 radical (unpaired) electrons. The molecule has 8 heteroatoms. The molecule has 0 bridgehead atoms. The van der Waals surface area contributed by atoms with Crippen molar-refractivity contribution in [2.45, 2.75) is 19.1 Å². The molecule has 0 atom stereocenters. The lowest BCUT2D eigenvalue weighted by Gasteiger charge is -2.08. The summed E-state index contributed by atoms with van der Waals surface area (Å²) in [6.45, 7) is -0.291. The van der Waals surface area contributed by atoms with E-state index in [1.807, 2.05) is 0 Å². The standard InChI is InChI=1S/C10H7BrF4N2S/c11-5-3-8-7(4-6(5)12)16-9(18)17(8)2-1-10(13,14)15/h3-4H,1-2H2,(H,16,18). The van der Waals surface area contributed by atoms with Gasteiger partial charge in [0, 0.05) is 12.6 Å². The maximum atomic E-state index is 13.3. The van der Waals surface area contributed by atoms with Crippen LogP contribution in [-0.2, 0) is 6.54 Å². The summed E-state index contributed by atoms with van der Waals surface area (Å²) in [7, 11) is 0. The van der Waals surface area contributed by atoms with Gasteiger partial charge in [-0.05, 0) is 34.2 Å². The molecule has 1 aromatic carbocycles. The zero-order chi connectivity index (χ0) is 13.5. The Hall–Kier alpha value is -0.890. The summed E-state index contributed by atoms with van der Waals surface area (Å²) in [5.41, 5.74) is 0.820. The van der Waals surface area contributed by atoms with Gasteiger partial charge < -0.3 is 9.55 Å².